The SMILES string of the molecule is N/C=C(/C(=O)O)N(N)CCC(F)F. The fourth-order valence-electron chi connectivity index (χ4n) is 0.647. The average molecular weight is 195 g/mol. The molecule has 0 aromatic carbocycles. The van der Waals surface area contributed by atoms with Crippen LogP contribution in [-0.2, 0) is 4.79 Å². The summed E-state index contributed by atoms with van der Waals surface area (Å²) < 4.78 is 23.4. The highest BCUT2D eigenvalue weighted by molar-refractivity contribution is 5.85. The Morgan fingerprint density at radius 2 is 2.15 bits per heavy atom. The molecule has 5 N–H and O–H groups in total. The molecule has 0 aromatic heterocycles. The summed E-state index contributed by atoms with van der Waals surface area (Å²) in [5, 5.41) is 9.13. The standard InChI is InChI=1S/C6H11F2N3O2/c7-5(8)1-2-11(10)4(3-9)6(12)13/h3,5H,1-2,9-10H2,(H,12,13)/b4-3-. The zero-order valence-corrected chi connectivity index (χ0v) is 6.78. The summed E-state index contributed by atoms with van der Waals surface area (Å²) in [4.78, 5) is 10.4. The second-order valence-electron chi connectivity index (χ2n) is 2.23. The van der Waals surface area contributed by atoms with Crippen molar-refractivity contribution in [3.63, 3.8) is 0 Å². The molecule has 0 spiro atoms. The van der Waals surface area contributed by atoms with E-state index >= 15 is 0 Å². The number of carbonyl (C=O) groups is 1. The molecule has 76 valence electrons. The number of hydrogen-bond donors (Lipinski definition) is 3. The van der Waals surface area contributed by atoms with E-state index < -0.39 is 24.5 Å². The molecule has 0 amide bonds. The van der Waals surface area contributed by atoms with Crippen molar-refractivity contribution in [2.75, 3.05) is 6.54 Å². The Labute approximate surface area is 73.6 Å². The van der Waals surface area contributed by atoms with Gasteiger partial charge in [-0.25, -0.2) is 19.4 Å². The molecule has 0 atom stereocenters. The van der Waals surface area contributed by atoms with Gasteiger partial charge in [-0.05, 0) is 0 Å². The summed E-state index contributed by atoms with van der Waals surface area (Å²) in [6.07, 6.45) is -2.26. The third kappa shape index (κ3) is 4.26. The van der Waals surface area contributed by atoms with Crippen LogP contribution in [0.15, 0.2) is 11.9 Å². The normalized spacial score (nSPS) is 11.8. The number of hydrogen-bond acceptors (Lipinski definition) is 4. The maximum absolute atomic E-state index is 11.7. The topological polar surface area (TPSA) is 92.6 Å². The van der Waals surface area contributed by atoms with E-state index in [0.717, 1.165) is 6.20 Å². The molecule has 0 aliphatic carbocycles. The number of carboxylic acids is 1. The molecule has 0 bridgehead atoms. The first-order chi connectivity index (χ1) is 5.99. The van der Waals surface area contributed by atoms with Crippen molar-refractivity contribution in [1.29, 1.82) is 0 Å². The zero-order chi connectivity index (χ0) is 10.4. The maximum atomic E-state index is 11.7. The van der Waals surface area contributed by atoms with Crippen LogP contribution in [0.3, 0.4) is 0 Å². The van der Waals surface area contributed by atoms with E-state index in [1.165, 1.54) is 0 Å². The molecule has 0 aliphatic heterocycles. The molecule has 0 unspecified atom stereocenters. The molecule has 0 aromatic rings. The Bertz CT molecular complexity index is 208. The number of rotatable bonds is 5. The largest absolute Gasteiger partial charge is 0.476 e. The lowest BCUT2D eigenvalue weighted by Gasteiger charge is -2.17. The Morgan fingerprint density at radius 1 is 1.62 bits per heavy atom. The maximum Gasteiger partial charge on any atom is 0.355 e. The lowest BCUT2D eigenvalue weighted by Crippen LogP contribution is -2.36. The molecule has 0 saturated heterocycles. The van der Waals surface area contributed by atoms with Gasteiger partial charge in [0.1, 0.15) is 0 Å². The first-order valence-electron chi connectivity index (χ1n) is 3.44. The number of carboxylic acid groups (broad SMARTS) is 1. The number of nitrogens with two attached hydrogens (primary N) is 2. The second kappa shape index (κ2) is 5.31. The summed E-state index contributed by atoms with van der Waals surface area (Å²) in [6, 6.07) is 0. The van der Waals surface area contributed by atoms with Crippen molar-refractivity contribution in [3.8, 4) is 0 Å². The lowest BCUT2D eigenvalue weighted by molar-refractivity contribution is -0.134. The molecule has 0 saturated carbocycles. The molecule has 0 fully saturated rings. The van der Waals surface area contributed by atoms with E-state index in [2.05, 4.69) is 0 Å². The van der Waals surface area contributed by atoms with Crippen LogP contribution < -0.4 is 11.6 Å². The van der Waals surface area contributed by atoms with Gasteiger partial charge in [-0.15, -0.1) is 0 Å². The predicted octanol–water partition coefficient (Wildman–Crippen LogP) is -0.298. The van der Waals surface area contributed by atoms with Gasteiger partial charge >= 0.3 is 5.97 Å². The average Bonchev–Trinajstić information content (AvgIpc) is 2.01. The van der Waals surface area contributed by atoms with Crippen molar-refractivity contribution in [2.45, 2.75) is 12.8 Å². The zero-order valence-electron chi connectivity index (χ0n) is 6.78. The van der Waals surface area contributed by atoms with Crippen LogP contribution in [0, 0.1) is 0 Å². The summed E-state index contributed by atoms with van der Waals surface area (Å²) in [7, 11) is 0. The first-order valence-corrected chi connectivity index (χ1v) is 3.44. The molecular formula is C6H11F2N3O2. The fourth-order valence-corrected chi connectivity index (χ4v) is 0.647. The van der Waals surface area contributed by atoms with Gasteiger partial charge in [0.2, 0.25) is 6.43 Å². The van der Waals surface area contributed by atoms with Crippen molar-refractivity contribution >= 4 is 5.97 Å². The van der Waals surface area contributed by atoms with E-state index in [1.807, 2.05) is 0 Å². The van der Waals surface area contributed by atoms with Crippen LogP contribution >= 0.6 is 0 Å². The highest BCUT2D eigenvalue weighted by Gasteiger charge is 2.14. The van der Waals surface area contributed by atoms with Crippen LogP contribution in [0.25, 0.3) is 0 Å². The molecule has 13 heavy (non-hydrogen) atoms. The minimum atomic E-state index is -2.51. The minimum absolute atomic E-state index is 0.257. The van der Waals surface area contributed by atoms with E-state index in [-0.39, 0.29) is 6.54 Å². The summed E-state index contributed by atoms with van der Waals surface area (Å²) in [6.45, 7) is -0.257. The monoisotopic (exact) mass is 195 g/mol. The summed E-state index contributed by atoms with van der Waals surface area (Å²) in [5.41, 5.74) is 4.53. The molecule has 0 aliphatic rings. The van der Waals surface area contributed by atoms with Gasteiger partial charge < -0.3 is 15.8 Å². The molecule has 5 nitrogen and oxygen atoms in total. The van der Waals surface area contributed by atoms with E-state index in [4.69, 9.17) is 16.7 Å². The quantitative estimate of drug-likeness (QED) is 0.318. The second-order valence-corrected chi connectivity index (χ2v) is 2.23. The van der Waals surface area contributed by atoms with Crippen molar-refractivity contribution in [1.82, 2.24) is 5.01 Å². The van der Waals surface area contributed by atoms with Crippen molar-refractivity contribution in [2.24, 2.45) is 11.6 Å². The lowest BCUT2D eigenvalue weighted by atomic mass is 10.4. The smallest absolute Gasteiger partial charge is 0.355 e. The van der Waals surface area contributed by atoms with Crippen molar-refractivity contribution < 1.29 is 18.7 Å². The molecule has 7 heteroatoms. The summed E-state index contributed by atoms with van der Waals surface area (Å²) >= 11 is 0. The number of nitrogens with zero attached hydrogens (tertiary/aromatic N) is 1. The third-order valence-corrected chi connectivity index (χ3v) is 1.27. The molecular weight excluding hydrogens is 184 g/mol. The van der Waals surface area contributed by atoms with Crippen LogP contribution in [0.4, 0.5) is 8.78 Å². The van der Waals surface area contributed by atoms with Crippen LogP contribution in [-0.4, -0.2) is 29.1 Å². The third-order valence-electron chi connectivity index (χ3n) is 1.27. The number of hydrazine groups is 1. The highest BCUT2D eigenvalue weighted by atomic mass is 19.3. The van der Waals surface area contributed by atoms with Crippen LogP contribution in [0.2, 0.25) is 0 Å². The molecule has 0 radical (unpaired) electrons. The van der Waals surface area contributed by atoms with Gasteiger partial charge in [-0.3, -0.25) is 0 Å². The van der Waals surface area contributed by atoms with Gasteiger partial charge in [0.25, 0.3) is 0 Å². The summed E-state index contributed by atoms with van der Waals surface area (Å²) in [5.74, 6) is 3.80. The van der Waals surface area contributed by atoms with Gasteiger partial charge in [0, 0.05) is 19.2 Å². The van der Waals surface area contributed by atoms with Gasteiger partial charge in [0.15, 0.2) is 5.70 Å². The predicted molar refractivity (Wildman–Crippen MR) is 41.4 cm³/mol. The van der Waals surface area contributed by atoms with E-state index in [1.54, 1.807) is 0 Å². The van der Waals surface area contributed by atoms with Gasteiger partial charge in [-0.2, -0.15) is 0 Å². The van der Waals surface area contributed by atoms with Crippen LogP contribution in [0.5, 0.6) is 0 Å². The first kappa shape index (κ1) is 11.6. The van der Waals surface area contributed by atoms with Gasteiger partial charge in [0.05, 0.1) is 0 Å². The van der Waals surface area contributed by atoms with Crippen molar-refractivity contribution in [3.05, 3.63) is 11.9 Å². The molecule has 0 rings (SSSR count). The number of aliphatic carboxylic acids is 1. The molecule has 0 heterocycles. The Hall–Kier alpha value is -1.37. The highest BCUT2D eigenvalue weighted by Crippen LogP contribution is 2.03. The minimum Gasteiger partial charge on any atom is -0.476 e. The Morgan fingerprint density at radius 3 is 2.46 bits per heavy atom. The fraction of sp³-hybridized carbons (Fsp3) is 0.500. The number of alkyl halides is 2. The van der Waals surface area contributed by atoms with E-state index in [0.29, 0.717) is 5.01 Å². The van der Waals surface area contributed by atoms with Crippen LogP contribution in [0.1, 0.15) is 6.42 Å². The van der Waals surface area contributed by atoms with Gasteiger partial charge in [-0.1, -0.05) is 0 Å². The number of halogens is 2. The van der Waals surface area contributed by atoms with E-state index in [9.17, 15) is 13.6 Å². The Kier molecular flexibility index (Phi) is 4.75. The Balaban J connectivity index is 4.08.